The number of nitrogens with one attached hydrogen (secondary N) is 1. The van der Waals surface area contributed by atoms with Crippen molar-refractivity contribution in [2.24, 2.45) is 5.41 Å². The van der Waals surface area contributed by atoms with E-state index < -0.39 is 0 Å². The molecule has 1 aromatic heterocycles. The number of carbonyl (C=O) groups excluding carboxylic acids is 3. The van der Waals surface area contributed by atoms with Crippen molar-refractivity contribution < 1.29 is 14.4 Å². The first-order chi connectivity index (χ1) is 10.5. The van der Waals surface area contributed by atoms with E-state index in [4.69, 9.17) is 0 Å². The SMILES string of the molecule is Cc1cc(C(=O)N2CCC3(CC2)CC(=O)NC(=O)C3)ccn1. The molecule has 0 radical (unpaired) electrons. The van der Waals surface area contributed by atoms with Crippen molar-refractivity contribution in [1.82, 2.24) is 15.2 Å². The number of hydrogen-bond acceptors (Lipinski definition) is 4. The zero-order valence-corrected chi connectivity index (χ0v) is 12.6. The van der Waals surface area contributed by atoms with Crippen LogP contribution in [0.4, 0.5) is 0 Å². The van der Waals surface area contributed by atoms with Crippen LogP contribution in [0.1, 0.15) is 41.7 Å². The van der Waals surface area contributed by atoms with E-state index in [9.17, 15) is 14.4 Å². The van der Waals surface area contributed by atoms with E-state index in [1.165, 1.54) is 0 Å². The Morgan fingerprint density at radius 2 is 1.86 bits per heavy atom. The summed E-state index contributed by atoms with van der Waals surface area (Å²) in [5, 5.41) is 2.35. The number of hydrogen-bond donors (Lipinski definition) is 1. The largest absolute Gasteiger partial charge is 0.339 e. The highest BCUT2D eigenvalue weighted by Crippen LogP contribution is 2.40. The van der Waals surface area contributed by atoms with Crippen LogP contribution < -0.4 is 5.32 Å². The van der Waals surface area contributed by atoms with E-state index in [1.807, 2.05) is 6.92 Å². The van der Waals surface area contributed by atoms with Gasteiger partial charge in [-0.25, -0.2) is 0 Å². The summed E-state index contributed by atoms with van der Waals surface area (Å²) in [5.41, 5.74) is 1.19. The van der Waals surface area contributed by atoms with Crippen LogP contribution >= 0.6 is 0 Å². The molecule has 0 aromatic carbocycles. The van der Waals surface area contributed by atoms with E-state index in [0.29, 0.717) is 44.3 Å². The first kappa shape index (κ1) is 14.7. The molecule has 3 rings (SSSR count). The molecule has 0 bridgehead atoms. The Balaban J connectivity index is 1.68. The highest BCUT2D eigenvalue weighted by molar-refractivity contribution is 5.98. The highest BCUT2D eigenvalue weighted by Gasteiger charge is 2.42. The molecule has 0 aliphatic carbocycles. The van der Waals surface area contributed by atoms with Crippen LogP contribution in [0.5, 0.6) is 0 Å². The normalized spacial score (nSPS) is 20.9. The Morgan fingerprint density at radius 3 is 2.45 bits per heavy atom. The lowest BCUT2D eigenvalue weighted by Gasteiger charge is -2.43. The van der Waals surface area contributed by atoms with Crippen molar-refractivity contribution in [2.45, 2.75) is 32.6 Å². The van der Waals surface area contributed by atoms with Gasteiger partial charge in [0.25, 0.3) is 5.91 Å². The molecular formula is C16H19N3O3. The summed E-state index contributed by atoms with van der Waals surface area (Å²) >= 11 is 0. The Morgan fingerprint density at radius 1 is 1.23 bits per heavy atom. The average molecular weight is 301 g/mol. The summed E-state index contributed by atoms with van der Waals surface area (Å²) in [6, 6.07) is 3.50. The molecule has 1 aromatic rings. The molecule has 1 N–H and O–H groups in total. The van der Waals surface area contributed by atoms with E-state index in [1.54, 1.807) is 23.2 Å². The quantitative estimate of drug-likeness (QED) is 0.786. The standard InChI is InChI=1S/C16H19N3O3/c1-11-8-12(2-5-17-11)15(22)19-6-3-16(4-7-19)9-13(20)18-14(21)10-16/h2,5,8H,3-4,6-7,9-10H2,1H3,(H,18,20,21). The fraction of sp³-hybridized carbons (Fsp3) is 0.500. The van der Waals surface area contributed by atoms with E-state index in [2.05, 4.69) is 10.3 Å². The molecule has 22 heavy (non-hydrogen) atoms. The predicted molar refractivity (Wildman–Crippen MR) is 78.9 cm³/mol. The second kappa shape index (κ2) is 5.51. The lowest BCUT2D eigenvalue weighted by Crippen LogP contribution is -2.50. The minimum Gasteiger partial charge on any atom is -0.339 e. The summed E-state index contributed by atoms with van der Waals surface area (Å²) in [4.78, 5) is 41.6. The number of imide groups is 1. The van der Waals surface area contributed by atoms with E-state index >= 15 is 0 Å². The Hall–Kier alpha value is -2.24. The van der Waals surface area contributed by atoms with Crippen LogP contribution in [0.15, 0.2) is 18.3 Å². The molecule has 116 valence electrons. The Labute approximate surface area is 128 Å². The van der Waals surface area contributed by atoms with Crippen LogP contribution in [0, 0.1) is 12.3 Å². The fourth-order valence-electron chi connectivity index (χ4n) is 3.39. The summed E-state index contributed by atoms with van der Waals surface area (Å²) in [7, 11) is 0. The number of amides is 3. The van der Waals surface area contributed by atoms with Gasteiger partial charge in [-0.2, -0.15) is 0 Å². The number of likely N-dealkylation sites (tertiary alicyclic amines) is 1. The molecule has 6 nitrogen and oxygen atoms in total. The van der Waals surface area contributed by atoms with Crippen LogP contribution in [-0.2, 0) is 9.59 Å². The Kier molecular flexibility index (Phi) is 3.68. The minimum atomic E-state index is -0.260. The number of nitrogens with zero attached hydrogens (tertiary/aromatic N) is 2. The number of piperidine rings is 2. The van der Waals surface area contributed by atoms with Gasteiger partial charge in [-0.05, 0) is 37.3 Å². The fourth-order valence-corrected chi connectivity index (χ4v) is 3.39. The monoisotopic (exact) mass is 301 g/mol. The van der Waals surface area contributed by atoms with Crippen molar-refractivity contribution in [3.05, 3.63) is 29.6 Å². The van der Waals surface area contributed by atoms with Gasteiger partial charge in [0.05, 0.1) is 0 Å². The third kappa shape index (κ3) is 2.86. The van der Waals surface area contributed by atoms with Crippen molar-refractivity contribution in [3.63, 3.8) is 0 Å². The zero-order valence-electron chi connectivity index (χ0n) is 12.6. The molecule has 0 unspecified atom stereocenters. The van der Waals surface area contributed by atoms with Crippen molar-refractivity contribution in [3.8, 4) is 0 Å². The summed E-state index contributed by atoms with van der Waals surface area (Å²) < 4.78 is 0. The van der Waals surface area contributed by atoms with Crippen molar-refractivity contribution >= 4 is 17.7 Å². The van der Waals surface area contributed by atoms with Gasteiger partial charge >= 0.3 is 0 Å². The lowest BCUT2D eigenvalue weighted by atomic mass is 9.71. The lowest BCUT2D eigenvalue weighted by molar-refractivity contribution is -0.139. The summed E-state index contributed by atoms with van der Waals surface area (Å²) in [6.07, 6.45) is 3.80. The minimum absolute atomic E-state index is 0.00747. The van der Waals surface area contributed by atoms with Gasteiger partial charge in [0, 0.05) is 43.4 Å². The summed E-state index contributed by atoms with van der Waals surface area (Å²) in [5.74, 6) is -0.395. The maximum absolute atomic E-state index is 12.5. The van der Waals surface area contributed by atoms with Crippen LogP contribution in [0.3, 0.4) is 0 Å². The average Bonchev–Trinajstić information content (AvgIpc) is 2.46. The number of aromatic nitrogens is 1. The maximum atomic E-state index is 12.5. The molecule has 1 spiro atoms. The van der Waals surface area contributed by atoms with Crippen LogP contribution in [0.25, 0.3) is 0 Å². The molecular weight excluding hydrogens is 282 g/mol. The number of carbonyl (C=O) groups is 3. The van der Waals surface area contributed by atoms with Crippen molar-refractivity contribution in [2.75, 3.05) is 13.1 Å². The van der Waals surface area contributed by atoms with Gasteiger partial charge in [0.15, 0.2) is 0 Å². The first-order valence-corrected chi connectivity index (χ1v) is 7.52. The summed E-state index contributed by atoms with van der Waals surface area (Å²) in [6.45, 7) is 3.02. The Bertz CT molecular complexity index is 615. The van der Waals surface area contributed by atoms with Gasteiger partial charge < -0.3 is 4.90 Å². The molecule has 3 heterocycles. The zero-order chi connectivity index (χ0) is 15.7. The van der Waals surface area contributed by atoms with Gasteiger partial charge in [0.1, 0.15) is 0 Å². The molecule has 0 atom stereocenters. The second-order valence-electron chi connectivity index (χ2n) is 6.30. The van der Waals surface area contributed by atoms with Gasteiger partial charge in [-0.1, -0.05) is 0 Å². The van der Waals surface area contributed by atoms with Gasteiger partial charge in [-0.15, -0.1) is 0 Å². The number of pyridine rings is 1. The van der Waals surface area contributed by atoms with Crippen molar-refractivity contribution in [1.29, 1.82) is 0 Å². The molecule has 2 fully saturated rings. The number of rotatable bonds is 1. The van der Waals surface area contributed by atoms with Crippen LogP contribution in [-0.4, -0.2) is 40.7 Å². The smallest absolute Gasteiger partial charge is 0.253 e. The molecule has 6 heteroatoms. The van der Waals surface area contributed by atoms with E-state index in [-0.39, 0.29) is 23.1 Å². The second-order valence-corrected chi connectivity index (χ2v) is 6.30. The molecule has 2 aliphatic rings. The van der Waals surface area contributed by atoms with Gasteiger partial charge in [-0.3, -0.25) is 24.7 Å². The molecule has 0 saturated carbocycles. The molecule has 2 saturated heterocycles. The first-order valence-electron chi connectivity index (χ1n) is 7.52. The molecule has 2 aliphatic heterocycles. The maximum Gasteiger partial charge on any atom is 0.253 e. The van der Waals surface area contributed by atoms with E-state index in [0.717, 1.165) is 5.69 Å². The third-order valence-electron chi connectivity index (χ3n) is 4.60. The number of aryl methyl sites for hydroxylation is 1. The predicted octanol–water partition coefficient (Wildman–Crippen LogP) is 1.05. The van der Waals surface area contributed by atoms with Crippen LogP contribution in [0.2, 0.25) is 0 Å². The topological polar surface area (TPSA) is 79.4 Å². The highest BCUT2D eigenvalue weighted by atomic mass is 16.2. The molecule has 3 amide bonds. The van der Waals surface area contributed by atoms with Gasteiger partial charge in [0.2, 0.25) is 11.8 Å². The third-order valence-corrected chi connectivity index (χ3v) is 4.60.